The van der Waals surface area contributed by atoms with E-state index in [1.54, 1.807) is 0 Å². The number of hydrogen-bond donors (Lipinski definition) is 0. The summed E-state index contributed by atoms with van der Waals surface area (Å²) in [6, 6.07) is 7.78. The molecule has 0 aliphatic rings. The van der Waals surface area contributed by atoms with Crippen LogP contribution in [0.5, 0.6) is 0 Å². The van der Waals surface area contributed by atoms with E-state index in [-0.39, 0.29) is 0 Å². The van der Waals surface area contributed by atoms with Crippen molar-refractivity contribution in [2.45, 2.75) is 0 Å². The molecule has 0 aliphatic heterocycles. The van der Waals surface area contributed by atoms with Crippen molar-refractivity contribution in [2.75, 3.05) is 0 Å². The first kappa shape index (κ1) is 8.93. The van der Waals surface area contributed by atoms with Crippen LogP contribution in [0.3, 0.4) is 0 Å². The molecule has 0 amide bonds. The molecular weight excluding hydrogens is 298 g/mol. The van der Waals surface area contributed by atoms with Gasteiger partial charge in [-0.05, 0) is 0 Å². The van der Waals surface area contributed by atoms with Crippen molar-refractivity contribution in [2.24, 2.45) is 0 Å². The maximum atomic E-state index is 5.79. The molecule has 4 heteroatoms. The van der Waals surface area contributed by atoms with Crippen molar-refractivity contribution in [1.29, 1.82) is 0 Å². The summed E-state index contributed by atoms with van der Waals surface area (Å²) < 4.78 is 2.07. The molecule has 1 aromatic rings. The fourth-order valence-corrected chi connectivity index (χ4v) is 5.30. The molecule has 0 fully saturated rings. The Morgan fingerprint density at radius 2 is 1.80 bits per heavy atom. The van der Waals surface area contributed by atoms with Crippen molar-refractivity contribution in [3.63, 3.8) is 0 Å². The Hall–Kier alpha value is 0.838. The zero-order chi connectivity index (χ0) is 7.56. The minimum absolute atomic E-state index is 1.01. The zero-order valence-electron chi connectivity index (χ0n) is 4.89. The number of rotatable bonds is 1. The molecule has 0 spiro atoms. The van der Waals surface area contributed by atoms with Crippen LogP contribution < -0.4 is 4.35 Å². The van der Waals surface area contributed by atoms with E-state index in [0.29, 0.717) is 0 Å². The van der Waals surface area contributed by atoms with Gasteiger partial charge >= 0.3 is 81.7 Å². The first-order valence-electron chi connectivity index (χ1n) is 2.58. The quantitative estimate of drug-likeness (QED) is 0.700. The SMILES string of the molecule is Cl[As](Cl)c1ccccc1Br. The molecule has 1 aromatic carbocycles. The molecule has 0 saturated carbocycles. The van der Waals surface area contributed by atoms with E-state index in [2.05, 4.69) is 15.9 Å². The third-order valence-electron chi connectivity index (χ3n) is 1.03. The van der Waals surface area contributed by atoms with Gasteiger partial charge in [-0.2, -0.15) is 0 Å². The Bertz CT molecular complexity index is 227. The summed E-state index contributed by atoms with van der Waals surface area (Å²) in [6.45, 7) is 0. The summed E-state index contributed by atoms with van der Waals surface area (Å²) in [5.41, 5.74) is 0. The molecule has 0 aliphatic carbocycles. The third-order valence-corrected chi connectivity index (χ3v) is 5.87. The van der Waals surface area contributed by atoms with Gasteiger partial charge in [0.2, 0.25) is 0 Å². The molecule has 0 bridgehead atoms. The first-order valence-corrected chi connectivity index (χ1v) is 9.24. The van der Waals surface area contributed by atoms with Gasteiger partial charge in [-0.1, -0.05) is 0 Å². The summed E-state index contributed by atoms with van der Waals surface area (Å²) >= 11 is 1.63. The first-order chi connectivity index (χ1) is 4.72. The zero-order valence-corrected chi connectivity index (χ0v) is 9.86. The topological polar surface area (TPSA) is 0 Å². The van der Waals surface area contributed by atoms with Crippen molar-refractivity contribution in [3.8, 4) is 0 Å². The van der Waals surface area contributed by atoms with Gasteiger partial charge in [-0.3, -0.25) is 0 Å². The second kappa shape index (κ2) is 4.01. The number of benzene rings is 1. The molecule has 54 valence electrons. The number of halogens is 3. The van der Waals surface area contributed by atoms with E-state index < -0.39 is 12.8 Å². The second-order valence-corrected chi connectivity index (χ2v) is 8.94. The van der Waals surface area contributed by atoms with Crippen LogP contribution in [0.25, 0.3) is 0 Å². The van der Waals surface area contributed by atoms with Crippen molar-refractivity contribution >= 4 is 52.9 Å². The monoisotopic (exact) mass is 300 g/mol. The Morgan fingerprint density at radius 1 is 1.20 bits per heavy atom. The second-order valence-electron chi connectivity index (χ2n) is 1.68. The minimum atomic E-state index is -1.73. The predicted molar refractivity (Wildman–Crippen MR) is 51.2 cm³/mol. The summed E-state index contributed by atoms with van der Waals surface area (Å²) in [6.07, 6.45) is 0. The van der Waals surface area contributed by atoms with E-state index in [1.807, 2.05) is 24.3 Å². The van der Waals surface area contributed by atoms with E-state index in [1.165, 1.54) is 0 Å². The molecule has 0 nitrogen and oxygen atoms in total. The van der Waals surface area contributed by atoms with E-state index in [0.717, 1.165) is 8.82 Å². The molecule has 0 atom stereocenters. The van der Waals surface area contributed by atoms with Gasteiger partial charge in [0.1, 0.15) is 0 Å². The van der Waals surface area contributed by atoms with Gasteiger partial charge in [-0.15, -0.1) is 0 Å². The van der Waals surface area contributed by atoms with Crippen LogP contribution in [-0.4, -0.2) is 12.8 Å². The van der Waals surface area contributed by atoms with Crippen LogP contribution in [0.1, 0.15) is 0 Å². The average Bonchev–Trinajstić information content (AvgIpc) is 1.88. The molecule has 0 saturated heterocycles. The fraction of sp³-hybridized carbons (Fsp3) is 0. The molecule has 0 unspecified atom stereocenters. The van der Waals surface area contributed by atoms with Crippen LogP contribution in [0.4, 0.5) is 0 Å². The van der Waals surface area contributed by atoms with Crippen molar-refractivity contribution in [1.82, 2.24) is 0 Å². The molecule has 0 radical (unpaired) electrons. The average molecular weight is 302 g/mol. The Morgan fingerprint density at radius 3 is 2.20 bits per heavy atom. The van der Waals surface area contributed by atoms with E-state index in [4.69, 9.17) is 19.9 Å². The molecular formula is C6H4AsBrCl2. The number of hydrogen-bond acceptors (Lipinski definition) is 0. The summed E-state index contributed by atoms with van der Waals surface area (Å²) in [5.74, 6) is 0. The van der Waals surface area contributed by atoms with E-state index in [9.17, 15) is 0 Å². The van der Waals surface area contributed by atoms with Crippen molar-refractivity contribution < 1.29 is 0 Å². The van der Waals surface area contributed by atoms with Gasteiger partial charge in [0.05, 0.1) is 0 Å². The Kier molecular flexibility index (Phi) is 3.58. The molecule has 10 heavy (non-hydrogen) atoms. The molecule has 1 rings (SSSR count). The third kappa shape index (κ3) is 2.16. The van der Waals surface area contributed by atoms with Crippen molar-refractivity contribution in [3.05, 3.63) is 28.7 Å². The molecule has 0 N–H and O–H groups in total. The van der Waals surface area contributed by atoms with Crippen LogP contribution in [0, 0.1) is 0 Å². The maximum absolute atomic E-state index is 5.79. The van der Waals surface area contributed by atoms with Crippen LogP contribution in [-0.2, 0) is 0 Å². The van der Waals surface area contributed by atoms with Crippen LogP contribution >= 0.6 is 35.8 Å². The van der Waals surface area contributed by atoms with Gasteiger partial charge in [0.25, 0.3) is 0 Å². The van der Waals surface area contributed by atoms with Crippen LogP contribution in [0.15, 0.2) is 28.7 Å². The summed E-state index contributed by atoms with van der Waals surface area (Å²) in [4.78, 5) is 0. The van der Waals surface area contributed by atoms with E-state index >= 15 is 0 Å². The van der Waals surface area contributed by atoms with Gasteiger partial charge in [0, 0.05) is 0 Å². The normalized spacial score (nSPS) is 10.4. The summed E-state index contributed by atoms with van der Waals surface area (Å²) in [5, 5.41) is 0. The summed E-state index contributed by atoms with van der Waals surface area (Å²) in [7, 11) is 11.6. The van der Waals surface area contributed by atoms with Crippen LogP contribution in [0.2, 0.25) is 0 Å². The molecule has 0 aromatic heterocycles. The fourth-order valence-electron chi connectivity index (χ4n) is 0.589. The Balaban J connectivity index is 3.03. The standard InChI is InChI=1S/C6H4AsBrCl2/c8-6-4-2-1-3-5(6)7(9)10/h1-4H. The van der Waals surface area contributed by atoms with Gasteiger partial charge in [-0.25, -0.2) is 0 Å². The molecule has 0 heterocycles. The predicted octanol–water partition coefficient (Wildman–Crippen LogP) is 2.62. The van der Waals surface area contributed by atoms with Gasteiger partial charge < -0.3 is 0 Å². The Labute approximate surface area is 81.2 Å². The van der Waals surface area contributed by atoms with Gasteiger partial charge in [0.15, 0.2) is 0 Å².